The van der Waals surface area contributed by atoms with E-state index in [1.54, 1.807) is 18.2 Å². The van der Waals surface area contributed by atoms with E-state index in [0.717, 1.165) is 17.1 Å². The zero-order valence-corrected chi connectivity index (χ0v) is 18.2. The molecule has 0 aliphatic rings. The number of aliphatic carboxylic acids is 1. The number of carbonyl (C=O) groups is 1. The Kier molecular flexibility index (Phi) is 8.05. The number of nitriles is 1. The number of anilines is 3. The van der Waals surface area contributed by atoms with Crippen molar-refractivity contribution >= 4 is 29.1 Å². The maximum absolute atomic E-state index is 11.0. The van der Waals surface area contributed by atoms with Crippen molar-refractivity contribution in [1.82, 2.24) is 0 Å². The first-order valence-corrected chi connectivity index (χ1v) is 8.55. The second-order valence-corrected chi connectivity index (χ2v) is 5.89. The first kappa shape index (κ1) is 22.3. The van der Waals surface area contributed by atoms with E-state index in [9.17, 15) is 9.90 Å². The fraction of sp³-hybridized carbons (Fsp3) is 0.0435. The first-order chi connectivity index (χ1) is 13.6. The van der Waals surface area contributed by atoms with E-state index in [2.05, 4.69) is 4.90 Å². The normalized spacial score (nSPS) is 10.4. The van der Waals surface area contributed by atoms with Gasteiger partial charge in [0, 0.05) is 28.7 Å². The van der Waals surface area contributed by atoms with Crippen molar-refractivity contribution in [3.63, 3.8) is 0 Å². The smallest absolute Gasteiger partial charge is 0.544 e. The molecule has 0 spiro atoms. The molecule has 0 fully saturated rings. The molecule has 29 heavy (non-hydrogen) atoms. The predicted octanol–water partition coefficient (Wildman–Crippen LogP) is 0.826. The topological polar surface area (TPSA) is 76.4 Å². The monoisotopic (exact) mass is 392 g/mol. The van der Waals surface area contributed by atoms with Gasteiger partial charge in [-0.15, -0.1) is 0 Å². The summed E-state index contributed by atoms with van der Waals surface area (Å²) in [5, 5.41) is 20.0. The Morgan fingerprint density at radius 2 is 1.52 bits per heavy atom. The van der Waals surface area contributed by atoms with Gasteiger partial charge in [0.2, 0.25) is 0 Å². The molecule has 0 radical (unpaired) electrons. The molecule has 0 aliphatic heterocycles. The van der Waals surface area contributed by atoms with Crippen LogP contribution in [-0.2, 0) is 4.79 Å². The van der Waals surface area contributed by atoms with E-state index in [4.69, 9.17) is 10.00 Å². The second kappa shape index (κ2) is 10.5. The molecular formula is C23H17N2NaO3. The van der Waals surface area contributed by atoms with E-state index in [-0.39, 0.29) is 29.6 Å². The van der Waals surface area contributed by atoms with Crippen LogP contribution >= 0.6 is 0 Å². The molecule has 0 aromatic heterocycles. The van der Waals surface area contributed by atoms with Gasteiger partial charge in [0.25, 0.3) is 0 Å². The molecule has 0 saturated carbocycles. The molecule has 0 saturated heterocycles. The number of methoxy groups -OCH3 is 1. The van der Waals surface area contributed by atoms with Crippen molar-refractivity contribution in [2.75, 3.05) is 12.0 Å². The van der Waals surface area contributed by atoms with Crippen LogP contribution in [0.1, 0.15) is 5.56 Å². The quantitative estimate of drug-likeness (QED) is 0.353. The van der Waals surface area contributed by atoms with Crippen molar-refractivity contribution in [2.24, 2.45) is 0 Å². The fourth-order valence-electron chi connectivity index (χ4n) is 2.85. The Bertz CT molecular complexity index is 1010. The van der Waals surface area contributed by atoms with Crippen LogP contribution in [0.15, 0.2) is 84.4 Å². The molecule has 0 atom stereocenters. The minimum absolute atomic E-state index is 0. The van der Waals surface area contributed by atoms with Crippen molar-refractivity contribution in [2.45, 2.75) is 0 Å². The molecule has 6 heteroatoms. The summed E-state index contributed by atoms with van der Waals surface area (Å²) >= 11 is 0. The summed E-state index contributed by atoms with van der Waals surface area (Å²) in [7, 11) is 1.50. The maximum Gasteiger partial charge on any atom is 1.00 e. The van der Waals surface area contributed by atoms with Crippen molar-refractivity contribution in [1.29, 1.82) is 5.26 Å². The first-order valence-electron chi connectivity index (χ1n) is 8.55. The molecular weight excluding hydrogens is 375 g/mol. The third-order valence-corrected chi connectivity index (χ3v) is 4.14. The van der Waals surface area contributed by atoms with Crippen LogP contribution in [-0.4, -0.2) is 13.1 Å². The summed E-state index contributed by atoms with van der Waals surface area (Å²) in [6.07, 6.45) is 1.24. The molecule has 5 nitrogen and oxygen atoms in total. The summed E-state index contributed by atoms with van der Waals surface area (Å²) in [5.74, 6) is -1.08. The maximum atomic E-state index is 11.0. The van der Waals surface area contributed by atoms with Crippen LogP contribution in [0, 0.1) is 11.3 Å². The molecule has 0 heterocycles. The molecule has 0 unspecified atom stereocenters. The summed E-state index contributed by atoms with van der Waals surface area (Å²) in [6, 6.07) is 26.7. The average Bonchev–Trinajstić information content (AvgIpc) is 2.74. The molecule has 3 rings (SSSR count). The fourth-order valence-corrected chi connectivity index (χ4v) is 2.85. The van der Waals surface area contributed by atoms with Gasteiger partial charge in [0.1, 0.15) is 11.8 Å². The predicted molar refractivity (Wildman–Crippen MR) is 106 cm³/mol. The molecule has 0 aliphatic carbocycles. The van der Waals surface area contributed by atoms with E-state index in [1.165, 1.54) is 13.2 Å². The van der Waals surface area contributed by atoms with E-state index in [1.807, 2.05) is 66.7 Å². The van der Waals surface area contributed by atoms with Gasteiger partial charge in [-0.25, -0.2) is 0 Å². The van der Waals surface area contributed by atoms with E-state index >= 15 is 0 Å². The summed E-state index contributed by atoms with van der Waals surface area (Å²) in [6.45, 7) is 0. The Balaban J connectivity index is 0.00000300. The van der Waals surface area contributed by atoms with Gasteiger partial charge in [0.15, 0.2) is 0 Å². The van der Waals surface area contributed by atoms with Crippen LogP contribution in [0.3, 0.4) is 0 Å². The molecule has 3 aromatic rings. The van der Waals surface area contributed by atoms with Crippen molar-refractivity contribution in [3.8, 4) is 11.8 Å². The second-order valence-electron chi connectivity index (χ2n) is 5.89. The van der Waals surface area contributed by atoms with Crippen LogP contribution in [0.2, 0.25) is 0 Å². The number of hydrogen-bond acceptors (Lipinski definition) is 5. The largest absolute Gasteiger partial charge is 1.00 e. The minimum Gasteiger partial charge on any atom is -0.544 e. The average molecular weight is 392 g/mol. The number of hydrogen-bond donors (Lipinski definition) is 0. The molecule has 0 bridgehead atoms. The number of carboxylic acid groups (broad SMARTS) is 1. The molecule has 3 aromatic carbocycles. The number of carbonyl (C=O) groups excluding carboxylic acids is 1. The van der Waals surface area contributed by atoms with Gasteiger partial charge < -0.3 is 19.5 Å². The van der Waals surface area contributed by atoms with Gasteiger partial charge in [-0.2, -0.15) is 5.26 Å². The van der Waals surface area contributed by atoms with Gasteiger partial charge in [-0.05, 0) is 42.5 Å². The van der Waals surface area contributed by atoms with Gasteiger partial charge in [-0.1, -0.05) is 36.4 Å². The summed E-state index contributed by atoms with van der Waals surface area (Å²) in [5.41, 5.74) is 2.78. The van der Waals surface area contributed by atoms with Crippen LogP contribution < -0.4 is 44.3 Å². The molecule has 138 valence electrons. The van der Waals surface area contributed by atoms with Crippen molar-refractivity contribution in [3.05, 3.63) is 90.0 Å². The minimum atomic E-state index is -1.52. The van der Waals surface area contributed by atoms with Crippen LogP contribution in [0.25, 0.3) is 6.08 Å². The Labute approximate surface area is 191 Å². The Morgan fingerprint density at radius 3 is 1.97 bits per heavy atom. The Morgan fingerprint density at radius 1 is 0.966 bits per heavy atom. The summed E-state index contributed by atoms with van der Waals surface area (Å²) in [4.78, 5) is 13.1. The number of nitrogens with zero attached hydrogens (tertiary/aromatic N) is 2. The third kappa shape index (κ3) is 5.27. The third-order valence-electron chi connectivity index (χ3n) is 4.14. The van der Waals surface area contributed by atoms with Gasteiger partial charge >= 0.3 is 29.6 Å². The van der Waals surface area contributed by atoms with E-state index in [0.29, 0.717) is 11.3 Å². The summed E-state index contributed by atoms with van der Waals surface area (Å²) < 4.78 is 5.44. The zero-order chi connectivity index (χ0) is 19.9. The number of para-hydroxylation sites is 2. The van der Waals surface area contributed by atoms with Crippen LogP contribution in [0.5, 0.6) is 5.75 Å². The zero-order valence-electron chi connectivity index (χ0n) is 16.2. The number of rotatable bonds is 6. The number of ether oxygens (including phenoxy) is 1. The SMILES string of the molecule is COc1cc(N(c2ccccc2)c2ccccc2)ccc1/C=C(\C#N)C(=O)[O-].[Na+]. The Hall–Kier alpha value is -3.04. The molecule has 0 amide bonds. The van der Waals surface area contributed by atoms with Gasteiger partial charge in [-0.3, -0.25) is 0 Å². The van der Waals surface area contributed by atoms with Crippen LogP contribution in [0.4, 0.5) is 17.1 Å². The van der Waals surface area contributed by atoms with Crippen molar-refractivity contribution < 1.29 is 44.2 Å². The standard InChI is InChI=1S/C23H18N2O3.Na/c1-28-22-15-21(13-12-17(22)14-18(16-24)23(26)27)25(19-8-4-2-5-9-19)20-10-6-3-7-11-20;/h2-15H,1H3,(H,26,27);/q;+1/p-1/b18-14+;. The number of carboxylic acids is 1. The number of benzene rings is 3. The van der Waals surface area contributed by atoms with Gasteiger partial charge in [0.05, 0.1) is 18.7 Å². The molecule has 0 N–H and O–H groups in total. The van der Waals surface area contributed by atoms with E-state index < -0.39 is 11.5 Å².